The lowest BCUT2D eigenvalue weighted by Gasteiger charge is -2.23. The van der Waals surface area contributed by atoms with Gasteiger partial charge in [-0.2, -0.15) is 0 Å². The van der Waals surface area contributed by atoms with Crippen molar-refractivity contribution in [1.29, 1.82) is 0 Å². The monoisotopic (exact) mass is 265 g/mol. The Balaban J connectivity index is 2.82. The Morgan fingerprint density at radius 1 is 1.37 bits per heavy atom. The molecule has 0 saturated heterocycles. The number of hydrogen-bond acceptors (Lipinski definition) is 4. The highest BCUT2D eigenvalue weighted by Crippen LogP contribution is 2.20. The number of hydrogen-bond donors (Lipinski definition) is 2. The van der Waals surface area contributed by atoms with Crippen LogP contribution in [0.5, 0.6) is 5.75 Å². The maximum absolute atomic E-state index is 11.1. The highest BCUT2D eigenvalue weighted by atomic mass is 16.5. The third kappa shape index (κ3) is 5.61. The summed E-state index contributed by atoms with van der Waals surface area (Å²) < 4.78 is 5.19. The van der Waals surface area contributed by atoms with Crippen LogP contribution in [0.1, 0.15) is 19.4 Å². The largest absolute Gasteiger partial charge is 0.497 e. The Labute approximate surface area is 114 Å². The van der Waals surface area contributed by atoms with Gasteiger partial charge in [-0.25, -0.2) is 0 Å². The number of amides is 1. The normalized spacial score (nSPS) is 11.0. The molecule has 1 aromatic rings. The number of ether oxygens (including phenoxy) is 1. The number of primary amides is 1. The van der Waals surface area contributed by atoms with E-state index in [-0.39, 0.29) is 12.5 Å². The SMILES string of the molecule is COc1cc(N)cc(CN(CC(N)=O)CC(C)C)c1. The Kier molecular flexibility index (Phi) is 5.63. The number of anilines is 1. The van der Waals surface area contributed by atoms with Gasteiger partial charge in [-0.05, 0) is 23.6 Å². The fourth-order valence-electron chi connectivity index (χ4n) is 2.08. The second kappa shape index (κ2) is 6.99. The summed E-state index contributed by atoms with van der Waals surface area (Å²) in [5.74, 6) is 0.859. The highest BCUT2D eigenvalue weighted by Gasteiger charge is 2.12. The van der Waals surface area contributed by atoms with Crippen LogP contribution in [-0.2, 0) is 11.3 Å². The fraction of sp³-hybridized carbons (Fsp3) is 0.500. The average Bonchev–Trinajstić information content (AvgIpc) is 2.26. The predicted octanol–water partition coefficient (Wildman–Crippen LogP) is 1.22. The Hall–Kier alpha value is -1.75. The molecule has 5 heteroatoms. The van der Waals surface area contributed by atoms with E-state index in [4.69, 9.17) is 16.2 Å². The van der Waals surface area contributed by atoms with E-state index in [1.54, 1.807) is 13.2 Å². The number of carbonyl (C=O) groups excluding carboxylic acids is 1. The second-order valence-corrected chi connectivity index (χ2v) is 5.14. The van der Waals surface area contributed by atoms with Gasteiger partial charge in [0.05, 0.1) is 13.7 Å². The molecule has 0 aliphatic rings. The minimum atomic E-state index is -0.323. The van der Waals surface area contributed by atoms with Crippen LogP contribution < -0.4 is 16.2 Å². The summed E-state index contributed by atoms with van der Waals surface area (Å²) in [7, 11) is 1.61. The van der Waals surface area contributed by atoms with Gasteiger partial charge < -0.3 is 16.2 Å². The molecule has 0 radical (unpaired) electrons. The summed E-state index contributed by atoms with van der Waals surface area (Å²) >= 11 is 0. The van der Waals surface area contributed by atoms with Crippen LogP contribution in [0.4, 0.5) is 5.69 Å². The van der Waals surface area contributed by atoms with E-state index in [1.165, 1.54) is 0 Å². The third-order valence-corrected chi connectivity index (χ3v) is 2.63. The summed E-state index contributed by atoms with van der Waals surface area (Å²) in [5, 5.41) is 0. The van der Waals surface area contributed by atoms with E-state index >= 15 is 0 Å². The van der Waals surface area contributed by atoms with Crippen molar-refractivity contribution in [3.63, 3.8) is 0 Å². The van der Waals surface area contributed by atoms with Crippen molar-refractivity contribution in [2.24, 2.45) is 11.7 Å². The van der Waals surface area contributed by atoms with Crippen LogP contribution in [0.3, 0.4) is 0 Å². The van der Waals surface area contributed by atoms with Crippen molar-refractivity contribution in [1.82, 2.24) is 4.90 Å². The zero-order chi connectivity index (χ0) is 14.4. The van der Waals surface area contributed by atoms with Gasteiger partial charge in [0.15, 0.2) is 0 Å². The Morgan fingerprint density at radius 3 is 2.58 bits per heavy atom. The second-order valence-electron chi connectivity index (χ2n) is 5.14. The van der Waals surface area contributed by atoms with Crippen LogP contribution in [0.2, 0.25) is 0 Å². The number of nitrogens with zero attached hydrogens (tertiary/aromatic N) is 1. The van der Waals surface area contributed by atoms with E-state index in [0.29, 0.717) is 18.2 Å². The highest BCUT2D eigenvalue weighted by molar-refractivity contribution is 5.75. The van der Waals surface area contributed by atoms with Gasteiger partial charge in [-0.1, -0.05) is 13.8 Å². The molecule has 1 aromatic carbocycles. The van der Waals surface area contributed by atoms with E-state index in [1.807, 2.05) is 17.0 Å². The topological polar surface area (TPSA) is 81.6 Å². The summed E-state index contributed by atoms with van der Waals surface area (Å²) in [6, 6.07) is 5.58. The average molecular weight is 265 g/mol. The van der Waals surface area contributed by atoms with E-state index in [2.05, 4.69) is 13.8 Å². The van der Waals surface area contributed by atoms with Gasteiger partial charge in [0.2, 0.25) is 5.91 Å². The van der Waals surface area contributed by atoms with Gasteiger partial charge in [0, 0.05) is 24.8 Å². The first-order valence-corrected chi connectivity index (χ1v) is 6.34. The summed E-state index contributed by atoms with van der Waals surface area (Å²) in [6.07, 6.45) is 0. The smallest absolute Gasteiger partial charge is 0.231 e. The predicted molar refractivity (Wildman–Crippen MR) is 76.7 cm³/mol. The van der Waals surface area contributed by atoms with Crippen LogP contribution in [0.25, 0.3) is 0 Å². The molecular formula is C14H23N3O2. The minimum absolute atomic E-state index is 0.245. The van der Waals surface area contributed by atoms with Crippen molar-refractivity contribution >= 4 is 11.6 Å². The molecule has 1 amide bonds. The van der Waals surface area contributed by atoms with Gasteiger partial charge in [-0.15, -0.1) is 0 Å². The van der Waals surface area contributed by atoms with Crippen LogP contribution in [-0.4, -0.2) is 31.0 Å². The van der Waals surface area contributed by atoms with E-state index < -0.39 is 0 Å². The van der Waals surface area contributed by atoms with Gasteiger partial charge in [0.1, 0.15) is 5.75 Å². The molecule has 1 rings (SSSR count). The molecule has 0 aromatic heterocycles. The quantitative estimate of drug-likeness (QED) is 0.726. The van der Waals surface area contributed by atoms with Gasteiger partial charge in [-0.3, -0.25) is 9.69 Å². The number of nitrogens with two attached hydrogens (primary N) is 2. The summed E-state index contributed by atoms with van der Waals surface area (Å²) in [5.41, 5.74) is 12.8. The molecule has 5 nitrogen and oxygen atoms in total. The maximum atomic E-state index is 11.1. The van der Waals surface area contributed by atoms with Crippen molar-refractivity contribution in [3.8, 4) is 5.75 Å². The molecule has 0 fully saturated rings. The molecule has 0 spiro atoms. The van der Waals surface area contributed by atoms with E-state index in [9.17, 15) is 4.79 Å². The molecule has 4 N–H and O–H groups in total. The summed E-state index contributed by atoms with van der Waals surface area (Å²) in [4.78, 5) is 13.1. The Bertz CT molecular complexity index is 433. The molecule has 0 aliphatic heterocycles. The molecule has 0 aliphatic carbocycles. The third-order valence-electron chi connectivity index (χ3n) is 2.63. The molecule has 0 unspecified atom stereocenters. The molecule has 106 valence electrons. The minimum Gasteiger partial charge on any atom is -0.497 e. The fourth-order valence-corrected chi connectivity index (χ4v) is 2.08. The van der Waals surface area contributed by atoms with Crippen molar-refractivity contribution < 1.29 is 9.53 Å². The number of benzene rings is 1. The van der Waals surface area contributed by atoms with E-state index in [0.717, 1.165) is 17.9 Å². The molecular weight excluding hydrogens is 242 g/mol. The maximum Gasteiger partial charge on any atom is 0.231 e. The van der Waals surface area contributed by atoms with Crippen molar-refractivity contribution in [2.75, 3.05) is 25.9 Å². The Morgan fingerprint density at radius 2 is 2.05 bits per heavy atom. The molecule has 0 saturated carbocycles. The first kappa shape index (κ1) is 15.3. The van der Waals surface area contributed by atoms with Crippen molar-refractivity contribution in [3.05, 3.63) is 23.8 Å². The lowest BCUT2D eigenvalue weighted by Crippen LogP contribution is -2.35. The zero-order valence-electron chi connectivity index (χ0n) is 11.8. The van der Waals surface area contributed by atoms with Crippen LogP contribution in [0, 0.1) is 5.92 Å². The first-order chi connectivity index (χ1) is 8.90. The number of carbonyl (C=O) groups is 1. The molecule has 0 bridgehead atoms. The molecule has 19 heavy (non-hydrogen) atoms. The number of methoxy groups -OCH3 is 1. The van der Waals surface area contributed by atoms with Gasteiger partial charge >= 0.3 is 0 Å². The van der Waals surface area contributed by atoms with Crippen molar-refractivity contribution in [2.45, 2.75) is 20.4 Å². The summed E-state index contributed by atoms with van der Waals surface area (Å²) in [6.45, 7) is 5.89. The molecule has 0 atom stereocenters. The number of rotatable bonds is 7. The molecule has 0 heterocycles. The zero-order valence-corrected chi connectivity index (χ0v) is 11.8. The van der Waals surface area contributed by atoms with Gasteiger partial charge in [0.25, 0.3) is 0 Å². The van der Waals surface area contributed by atoms with Crippen LogP contribution >= 0.6 is 0 Å². The lowest BCUT2D eigenvalue weighted by molar-refractivity contribution is -0.119. The van der Waals surface area contributed by atoms with Crippen LogP contribution in [0.15, 0.2) is 18.2 Å². The number of nitrogen functional groups attached to an aromatic ring is 1. The first-order valence-electron chi connectivity index (χ1n) is 6.34. The standard InChI is InChI=1S/C14H23N3O2/c1-10(2)7-17(9-14(16)18)8-11-4-12(15)6-13(5-11)19-3/h4-6,10H,7-9,15H2,1-3H3,(H2,16,18). The lowest BCUT2D eigenvalue weighted by atomic mass is 10.1.